The maximum atomic E-state index is 11.2. The number of nitrogen functional groups attached to an aromatic ring is 1. The molecule has 1 aromatic rings. The van der Waals surface area contributed by atoms with E-state index < -0.39 is 0 Å². The van der Waals surface area contributed by atoms with Crippen LogP contribution in [-0.4, -0.2) is 10.9 Å². The van der Waals surface area contributed by atoms with Gasteiger partial charge in [0.25, 0.3) is 5.91 Å². The van der Waals surface area contributed by atoms with Crippen LogP contribution in [-0.2, 0) is 0 Å². The maximum Gasteiger partial charge on any atom is 0.294 e. The normalized spacial score (nSPS) is 11.8. The minimum absolute atomic E-state index is 0.344. The smallest absolute Gasteiger partial charge is 0.288 e. The SMILES string of the molecule is C=C/C=C(\C=C/C)c1csc(C(=O)NN)n1. The van der Waals surface area contributed by atoms with Gasteiger partial charge < -0.3 is 0 Å². The molecule has 1 rings (SSSR count). The van der Waals surface area contributed by atoms with Crippen molar-refractivity contribution in [3.8, 4) is 0 Å². The Morgan fingerprint density at radius 2 is 2.44 bits per heavy atom. The molecule has 4 nitrogen and oxygen atoms in total. The van der Waals surface area contributed by atoms with E-state index in [1.165, 1.54) is 11.3 Å². The minimum atomic E-state index is -0.380. The lowest BCUT2D eigenvalue weighted by Crippen LogP contribution is -2.29. The van der Waals surface area contributed by atoms with Gasteiger partial charge in [-0.2, -0.15) is 0 Å². The lowest BCUT2D eigenvalue weighted by atomic mass is 10.2. The first-order valence-corrected chi connectivity index (χ1v) is 5.53. The molecule has 84 valence electrons. The Morgan fingerprint density at radius 1 is 1.69 bits per heavy atom. The fourth-order valence-corrected chi connectivity index (χ4v) is 1.83. The van der Waals surface area contributed by atoms with Crippen molar-refractivity contribution in [3.05, 3.63) is 47.0 Å². The van der Waals surface area contributed by atoms with Crippen LogP contribution in [0, 0.1) is 0 Å². The molecule has 0 bridgehead atoms. The van der Waals surface area contributed by atoms with Gasteiger partial charge >= 0.3 is 0 Å². The van der Waals surface area contributed by atoms with E-state index in [9.17, 15) is 4.79 Å². The molecule has 16 heavy (non-hydrogen) atoms. The van der Waals surface area contributed by atoms with Gasteiger partial charge in [-0.25, -0.2) is 10.8 Å². The topological polar surface area (TPSA) is 68.0 Å². The minimum Gasteiger partial charge on any atom is -0.288 e. The number of rotatable bonds is 4. The number of nitrogens with zero attached hydrogens (tertiary/aromatic N) is 1. The van der Waals surface area contributed by atoms with Gasteiger partial charge in [0, 0.05) is 11.0 Å². The number of hydrazine groups is 1. The number of nitrogens with one attached hydrogen (secondary N) is 1. The number of hydrogen-bond acceptors (Lipinski definition) is 4. The molecular weight excluding hydrogens is 222 g/mol. The van der Waals surface area contributed by atoms with Crippen molar-refractivity contribution in [1.82, 2.24) is 10.4 Å². The lowest BCUT2D eigenvalue weighted by Gasteiger charge is -1.95. The van der Waals surface area contributed by atoms with Gasteiger partial charge in [0.1, 0.15) is 0 Å². The lowest BCUT2D eigenvalue weighted by molar-refractivity contribution is 0.0953. The second-order valence-corrected chi connectivity index (χ2v) is 3.73. The molecule has 3 N–H and O–H groups in total. The van der Waals surface area contributed by atoms with E-state index >= 15 is 0 Å². The zero-order valence-corrected chi connectivity index (χ0v) is 9.75. The van der Waals surface area contributed by atoms with Crippen LogP contribution in [0.1, 0.15) is 22.4 Å². The number of allylic oxidation sites excluding steroid dienone is 5. The first-order valence-electron chi connectivity index (χ1n) is 4.65. The number of amides is 1. The van der Waals surface area contributed by atoms with E-state index in [0.29, 0.717) is 5.01 Å². The van der Waals surface area contributed by atoms with Crippen LogP contribution in [0.5, 0.6) is 0 Å². The summed E-state index contributed by atoms with van der Waals surface area (Å²) in [6.45, 7) is 5.55. The molecule has 5 heteroatoms. The monoisotopic (exact) mass is 235 g/mol. The standard InChI is InChI=1S/C11H13N3OS/c1-3-5-8(6-4-2)9-7-16-11(13-9)10(15)14-12/h3-7H,1,12H2,2H3,(H,14,15)/b6-4-,8-5+. The van der Waals surface area contributed by atoms with Gasteiger partial charge in [0.2, 0.25) is 0 Å². The van der Waals surface area contributed by atoms with Gasteiger partial charge in [0.05, 0.1) is 5.69 Å². The van der Waals surface area contributed by atoms with Crippen molar-refractivity contribution >= 4 is 22.8 Å². The first-order chi connectivity index (χ1) is 7.72. The number of carbonyl (C=O) groups is 1. The number of hydrogen-bond donors (Lipinski definition) is 2. The molecule has 0 aliphatic heterocycles. The second-order valence-electron chi connectivity index (χ2n) is 2.87. The molecule has 0 saturated heterocycles. The predicted octanol–water partition coefficient (Wildman–Crippen LogP) is 1.89. The fourth-order valence-electron chi connectivity index (χ4n) is 1.11. The molecule has 1 amide bonds. The number of aromatic nitrogens is 1. The van der Waals surface area contributed by atoms with E-state index in [4.69, 9.17) is 5.84 Å². The summed E-state index contributed by atoms with van der Waals surface area (Å²) in [4.78, 5) is 15.4. The summed E-state index contributed by atoms with van der Waals surface area (Å²) in [6.07, 6.45) is 7.31. The van der Waals surface area contributed by atoms with Crippen molar-refractivity contribution in [2.24, 2.45) is 5.84 Å². The predicted molar refractivity (Wildman–Crippen MR) is 66.8 cm³/mol. The zero-order valence-electron chi connectivity index (χ0n) is 8.93. The molecule has 0 atom stereocenters. The highest BCUT2D eigenvalue weighted by atomic mass is 32.1. The van der Waals surface area contributed by atoms with Crippen LogP contribution in [0.25, 0.3) is 5.57 Å². The zero-order chi connectivity index (χ0) is 12.0. The summed E-state index contributed by atoms with van der Waals surface area (Å²) in [6, 6.07) is 0. The van der Waals surface area contributed by atoms with E-state index in [2.05, 4.69) is 11.6 Å². The molecule has 0 aliphatic rings. The van der Waals surface area contributed by atoms with Crippen LogP contribution < -0.4 is 11.3 Å². The molecule has 0 saturated carbocycles. The second kappa shape index (κ2) is 5.99. The summed E-state index contributed by atoms with van der Waals surface area (Å²) in [5, 5.41) is 2.15. The Morgan fingerprint density at radius 3 is 3.00 bits per heavy atom. The van der Waals surface area contributed by atoms with Gasteiger partial charge in [-0.05, 0) is 6.92 Å². The molecule has 1 heterocycles. The molecular formula is C11H13N3OS. The summed E-state index contributed by atoms with van der Waals surface area (Å²) in [5.74, 6) is 4.65. The van der Waals surface area contributed by atoms with Gasteiger partial charge in [-0.1, -0.05) is 30.9 Å². The number of thiazole rings is 1. The fraction of sp³-hybridized carbons (Fsp3) is 0.0909. The van der Waals surface area contributed by atoms with E-state index in [0.717, 1.165) is 11.3 Å². The molecule has 0 fully saturated rings. The highest BCUT2D eigenvalue weighted by molar-refractivity contribution is 7.11. The van der Waals surface area contributed by atoms with Crippen LogP contribution in [0.4, 0.5) is 0 Å². The average Bonchev–Trinajstić information content (AvgIpc) is 2.77. The van der Waals surface area contributed by atoms with Gasteiger partial charge in [-0.15, -0.1) is 11.3 Å². The largest absolute Gasteiger partial charge is 0.294 e. The van der Waals surface area contributed by atoms with Crippen LogP contribution >= 0.6 is 11.3 Å². The third-order valence-electron chi connectivity index (χ3n) is 1.77. The first kappa shape index (κ1) is 12.4. The molecule has 0 spiro atoms. The van der Waals surface area contributed by atoms with Gasteiger partial charge in [-0.3, -0.25) is 10.2 Å². The summed E-state index contributed by atoms with van der Waals surface area (Å²) < 4.78 is 0. The van der Waals surface area contributed by atoms with Crippen molar-refractivity contribution in [2.75, 3.05) is 0 Å². The van der Waals surface area contributed by atoms with Crippen LogP contribution in [0.2, 0.25) is 0 Å². The maximum absolute atomic E-state index is 11.2. The van der Waals surface area contributed by atoms with Gasteiger partial charge in [0.15, 0.2) is 5.01 Å². The Balaban J connectivity index is 3.03. The molecule has 1 aromatic heterocycles. The van der Waals surface area contributed by atoms with Crippen molar-refractivity contribution in [1.29, 1.82) is 0 Å². The molecule has 0 unspecified atom stereocenters. The summed E-state index contributed by atoms with van der Waals surface area (Å²) in [7, 11) is 0. The summed E-state index contributed by atoms with van der Waals surface area (Å²) in [5.41, 5.74) is 3.69. The van der Waals surface area contributed by atoms with Crippen molar-refractivity contribution in [3.63, 3.8) is 0 Å². The quantitative estimate of drug-likeness (QED) is 0.362. The third kappa shape index (κ3) is 2.88. The third-order valence-corrected chi connectivity index (χ3v) is 2.61. The average molecular weight is 235 g/mol. The van der Waals surface area contributed by atoms with Crippen molar-refractivity contribution in [2.45, 2.75) is 6.92 Å². The van der Waals surface area contributed by atoms with E-state index in [1.54, 1.807) is 11.5 Å². The van der Waals surface area contributed by atoms with E-state index in [1.807, 2.05) is 30.6 Å². The number of nitrogens with two attached hydrogens (primary N) is 1. The van der Waals surface area contributed by atoms with Crippen molar-refractivity contribution < 1.29 is 4.79 Å². The highest BCUT2D eigenvalue weighted by Crippen LogP contribution is 2.19. The van der Waals surface area contributed by atoms with E-state index in [-0.39, 0.29) is 5.91 Å². The van der Waals surface area contributed by atoms with Crippen LogP contribution in [0.15, 0.2) is 36.3 Å². The Hall–Kier alpha value is -1.72. The molecule has 0 radical (unpaired) electrons. The number of carbonyl (C=O) groups excluding carboxylic acids is 1. The Labute approximate surface area is 98.2 Å². The Bertz CT molecular complexity index is 446. The molecule has 0 aromatic carbocycles. The van der Waals surface area contributed by atoms with Crippen LogP contribution in [0.3, 0.4) is 0 Å². The molecule has 0 aliphatic carbocycles. The highest BCUT2D eigenvalue weighted by Gasteiger charge is 2.10. The summed E-state index contributed by atoms with van der Waals surface area (Å²) >= 11 is 1.25. The Kier molecular flexibility index (Phi) is 4.63.